The first kappa shape index (κ1) is 12.4. The molecular formula is C12H13N3O2S. The zero-order chi connectivity index (χ0) is 13.1. The topological polar surface area (TPSA) is 79.5 Å². The minimum absolute atomic E-state index is 0.226. The van der Waals surface area contributed by atoms with E-state index in [1.165, 1.54) is 17.4 Å². The number of thiazole rings is 1. The predicted molar refractivity (Wildman–Crippen MR) is 72.0 cm³/mol. The Morgan fingerprint density at radius 1 is 1.56 bits per heavy atom. The van der Waals surface area contributed by atoms with Crippen molar-refractivity contribution in [1.29, 1.82) is 0 Å². The fraction of sp³-hybridized carbons (Fsp3) is 0.167. The molecule has 0 spiro atoms. The molecule has 5 nitrogen and oxygen atoms in total. The average molecular weight is 263 g/mol. The van der Waals surface area contributed by atoms with E-state index in [4.69, 9.17) is 10.8 Å². The first-order valence-electron chi connectivity index (χ1n) is 5.29. The molecule has 0 aliphatic heterocycles. The van der Waals surface area contributed by atoms with Crippen LogP contribution in [0.4, 0.5) is 11.4 Å². The van der Waals surface area contributed by atoms with E-state index in [9.17, 15) is 4.79 Å². The number of nitrogen functional groups attached to an aromatic ring is 1. The standard InChI is InChI=1S/C12H13N3O2S/c1-15(5-9-6-18-7-14-9)11-4-8(12(16)17)2-3-10(11)13/h2-4,6-7H,5,13H2,1H3,(H,16,17). The summed E-state index contributed by atoms with van der Waals surface area (Å²) >= 11 is 1.53. The smallest absolute Gasteiger partial charge is 0.335 e. The van der Waals surface area contributed by atoms with Crippen LogP contribution >= 0.6 is 11.3 Å². The molecule has 0 aliphatic carbocycles. The van der Waals surface area contributed by atoms with Crippen LogP contribution in [-0.2, 0) is 6.54 Å². The van der Waals surface area contributed by atoms with Crippen LogP contribution in [0.25, 0.3) is 0 Å². The van der Waals surface area contributed by atoms with E-state index in [0.717, 1.165) is 5.69 Å². The fourth-order valence-corrected chi connectivity index (χ4v) is 2.20. The van der Waals surface area contributed by atoms with Crippen LogP contribution in [0.1, 0.15) is 16.1 Å². The van der Waals surface area contributed by atoms with Crippen LogP contribution < -0.4 is 10.6 Å². The summed E-state index contributed by atoms with van der Waals surface area (Å²) in [5, 5.41) is 10.9. The lowest BCUT2D eigenvalue weighted by Crippen LogP contribution is -2.18. The van der Waals surface area contributed by atoms with Crippen molar-refractivity contribution in [3.63, 3.8) is 0 Å². The Morgan fingerprint density at radius 2 is 2.33 bits per heavy atom. The molecule has 0 radical (unpaired) electrons. The lowest BCUT2D eigenvalue weighted by atomic mass is 10.1. The minimum Gasteiger partial charge on any atom is -0.478 e. The van der Waals surface area contributed by atoms with Crippen molar-refractivity contribution in [2.24, 2.45) is 0 Å². The molecule has 0 atom stereocenters. The Balaban J connectivity index is 2.26. The van der Waals surface area contributed by atoms with Gasteiger partial charge in [-0.25, -0.2) is 9.78 Å². The summed E-state index contributed by atoms with van der Waals surface area (Å²) < 4.78 is 0. The van der Waals surface area contributed by atoms with Crippen LogP contribution in [-0.4, -0.2) is 23.1 Å². The van der Waals surface area contributed by atoms with Gasteiger partial charge in [-0.1, -0.05) is 0 Å². The molecular weight excluding hydrogens is 250 g/mol. The van der Waals surface area contributed by atoms with E-state index in [1.807, 2.05) is 17.3 Å². The zero-order valence-electron chi connectivity index (χ0n) is 9.83. The summed E-state index contributed by atoms with van der Waals surface area (Å²) in [5.74, 6) is -0.960. The number of benzene rings is 1. The summed E-state index contributed by atoms with van der Waals surface area (Å²) in [6.45, 7) is 0.594. The van der Waals surface area contributed by atoms with Crippen molar-refractivity contribution < 1.29 is 9.90 Å². The van der Waals surface area contributed by atoms with Gasteiger partial charge in [0, 0.05) is 12.4 Å². The number of hydrogen-bond acceptors (Lipinski definition) is 5. The van der Waals surface area contributed by atoms with Crippen LogP contribution in [0.5, 0.6) is 0 Å². The van der Waals surface area contributed by atoms with Gasteiger partial charge in [0.15, 0.2) is 0 Å². The lowest BCUT2D eigenvalue weighted by molar-refractivity contribution is 0.0697. The highest BCUT2D eigenvalue weighted by Gasteiger charge is 2.11. The maximum Gasteiger partial charge on any atom is 0.335 e. The number of nitrogens with zero attached hydrogens (tertiary/aromatic N) is 2. The molecule has 6 heteroatoms. The predicted octanol–water partition coefficient (Wildman–Crippen LogP) is 2.06. The van der Waals surface area contributed by atoms with E-state index in [2.05, 4.69) is 4.98 Å². The Morgan fingerprint density at radius 3 is 2.94 bits per heavy atom. The molecule has 0 amide bonds. The molecule has 1 aromatic heterocycles. The van der Waals surface area contributed by atoms with Crippen molar-refractivity contribution in [2.45, 2.75) is 6.54 Å². The molecule has 0 saturated carbocycles. The van der Waals surface area contributed by atoms with Gasteiger partial charge in [-0.3, -0.25) is 0 Å². The van der Waals surface area contributed by atoms with Crippen molar-refractivity contribution in [1.82, 2.24) is 4.98 Å². The van der Waals surface area contributed by atoms with Gasteiger partial charge in [-0.05, 0) is 18.2 Å². The van der Waals surface area contributed by atoms with E-state index in [1.54, 1.807) is 17.6 Å². The molecule has 0 aliphatic rings. The summed E-state index contributed by atoms with van der Waals surface area (Å²) in [6.07, 6.45) is 0. The number of carboxylic acids is 1. The Bertz CT molecular complexity index is 554. The molecule has 1 heterocycles. The fourth-order valence-electron chi connectivity index (χ4n) is 1.65. The van der Waals surface area contributed by atoms with E-state index in [-0.39, 0.29) is 5.56 Å². The van der Waals surface area contributed by atoms with Gasteiger partial charge in [0.25, 0.3) is 0 Å². The molecule has 2 aromatic rings. The van der Waals surface area contributed by atoms with Gasteiger partial charge >= 0.3 is 5.97 Å². The highest BCUT2D eigenvalue weighted by atomic mass is 32.1. The molecule has 0 saturated heterocycles. The maximum absolute atomic E-state index is 10.9. The number of anilines is 2. The Hall–Kier alpha value is -2.08. The molecule has 0 fully saturated rings. The van der Waals surface area contributed by atoms with Gasteiger partial charge < -0.3 is 15.7 Å². The highest BCUT2D eigenvalue weighted by Crippen LogP contribution is 2.25. The number of carbonyl (C=O) groups is 1. The maximum atomic E-state index is 10.9. The monoisotopic (exact) mass is 263 g/mol. The molecule has 2 rings (SSSR count). The third-order valence-corrected chi connectivity index (χ3v) is 3.21. The third-order valence-electron chi connectivity index (χ3n) is 2.57. The third kappa shape index (κ3) is 2.60. The van der Waals surface area contributed by atoms with Crippen LogP contribution in [0, 0.1) is 0 Å². The van der Waals surface area contributed by atoms with Crippen molar-refractivity contribution in [2.75, 3.05) is 17.7 Å². The lowest BCUT2D eigenvalue weighted by Gasteiger charge is -2.20. The van der Waals surface area contributed by atoms with Crippen LogP contribution in [0.3, 0.4) is 0 Å². The van der Waals surface area contributed by atoms with Crippen molar-refractivity contribution >= 4 is 28.7 Å². The number of aromatic carboxylic acids is 1. The molecule has 94 valence electrons. The molecule has 3 N–H and O–H groups in total. The SMILES string of the molecule is CN(Cc1cscn1)c1cc(C(=O)O)ccc1N. The summed E-state index contributed by atoms with van der Waals surface area (Å²) in [6, 6.07) is 4.68. The number of carboxylic acid groups (broad SMARTS) is 1. The number of aromatic nitrogens is 1. The summed E-state index contributed by atoms with van der Waals surface area (Å²) in [4.78, 5) is 17.0. The second-order valence-corrected chi connectivity index (χ2v) is 4.63. The minimum atomic E-state index is -0.960. The second-order valence-electron chi connectivity index (χ2n) is 3.91. The molecule has 1 aromatic carbocycles. The molecule has 0 bridgehead atoms. The normalized spacial score (nSPS) is 10.3. The Kier molecular flexibility index (Phi) is 3.47. The van der Waals surface area contributed by atoms with E-state index in [0.29, 0.717) is 17.9 Å². The number of rotatable bonds is 4. The van der Waals surface area contributed by atoms with E-state index < -0.39 is 5.97 Å². The summed E-state index contributed by atoms with van der Waals surface area (Å²) in [5.41, 5.74) is 10.0. The van der Waals surface area contributed by atoms with Crippen LogP contribution in [0.2, 0.25) is 0 Å². The Labute approximate surface area is 108 Å². The van der Waals surface area contributed by atoms with Gasteiger partial charge in [-0.15, -0.1) is 11.3 Å². The molecule has 0 unspecified atom stereocenters. The average Bonchev–Trinajstić information content (AvgIpc) is 2.81. The van der Waals surface area contributed by atoms with E-state index >= 15 is 0 Å². The largest absolute Gasteiger partial charge is 0.478 e. The van der Waals surface area contributed by atoms with Gasteiger partial charge in [0.1, 0.15) is 0 Å². The number of hydrogen-bond donors (Lipinski definition) is 2. The summed E-state index contributed by atoms with van der Waals surface area (Å²) in [7, 11) is 1.86. The van der Waals surface area contributed by atoms with Gasteiger partial charge in [0.2, 0.25) is 0 Å². The highest BCUT2D eigenvalue weighted by molar-refractivity contribution is 7.07. The molecule has 18 heavy (non-hydrogen) atoms. The first-order chi connectivity index (χ1) is 8.58. The second kappa shape index (κ2) is 5.05. The zero-order valence-corrected chi connectivity index (χ0v) is 10.6. The van der Waals surface area contributed by atoms with Crippen LogP contribution in [0.15, 0.2) is 29.1 Å². The quantitative estimate of drug-likeness (QED) is 0.825. The van der Waals surface area contributed by atoms with Gasteiger partial charge in [0.05, 0.1) is 34.7 Å². The number of nitrogens with two attached hydrogens (primary N) is 1. The van der Waals surface area contributed by atoms with Crippen molar-refractivity contribution in [3.05, 3.63) is 40.3 Å². The van der Waals surface area contributed by atoms with Gasteiger partial charge in [-0.2, -0.15) is 0 Å². The first-order valence-corrected chi connectivity index (χ1v) is 6.23. The van der Waals surface area contributed by atoms with Crippen molar-refractivity contribution in [3.8, 4) is 0 Å².